The van der Waals surface area contributed by atoms with Crippen molar-refractivity contribution in [1.82, 2.24) is 15.5 Å². The summed E-state index contributed by atoms with van der Waals surface area (Å²) in [5, 5.41) is 6.54. The first-order chi connectivity index (χ1) is 11.3. The van der Waals surface area contributed by atoms with E-state index in [0.29, 0.717) is 5.96 Å². The van der Waals surface area contributed by atoms with Crippen LogP contribution in [0.5, 0.6) is 0 Å². The Hall–Kier alpha value is -1.31. The molecule has 0 aliphatic heterocycles. The van der Waals surface area contributed by atoms with Crippen molar-refractivity contribution in [3.63, 3.8) is 0 Å². The van der Waals surface area contributed by atoms with Gasteiger partial charge in [-0.25, -0.2) is 4.99 Å². The van der Waals surface area contributed by atoms with Crippen LogP contribution in [0.15, 0.2) is 29.3 Å². The number of likely N-dealkylation sites (N-methyl/N-ethyl adjacent to an activating group) is 1. The van der Waals surface area contributed by atoms with Crippen molar-refractivity contribution in [2.75, 3.05) is 33.7 Å². The molecule has 0 atom stereocenters. The van der Waals surface area contributed by atoms with E-state index < -0.39 is 0 Å². The third-order valence-corrected chi connectivity index (χ3v) is 4.06. The summed E-state index contributed by atoms with van der Waals surface area (Å²) in [6.45, 7) is 10.2. The molecular weight excluding hydrogens is 427 g/mol. The first-order valence-corrected chi connectivity index (χ1v) is 8.62. The van der Waals surface area contributed by atoms with E-state index in [4.69, 9.17) is 0 Å². The summed E-state index contributed by atoms with van der Waals surface area (Å²) < 4.78 is 0. The number of nitrogens with zero attached hydrogens (tertiary/aromatic N) is 2. The highest BCUT2D eigenvalue weighted by atomic mass is 127. The van der Waals surface area contributed by atoms with Gasteiger partial charge in [0.25, 0.3) is 0 Å². The summed E-state index contributed by atoms with van der Waals surface area (Å²) in [5.74, 6) is 0.660. The number of benzene rings is 1. The molecule has 0 saturated heterocycles. The zero-order valence-electron chi connectivity index (χ0n) is 16.3. The second-order valence-electron chi connectivity index (χ2n) is 6.77. The normalized spacial score (nSPS) is 11.5. The number of aryl methyl sites for hydroxylation is 1. The molecule has 25 heavy (non-hydrogen) atoms. The second-order valence-corrected chi connectivity index (χ2v) is 6.77. The topological polar surface area (TPSA) is 56.7 Å². The van der Waals surface area contributed by atoms with Gasteiger partial charge in [0, 0.05) is 32.6 Å². The number of guanidine groups is 1. The van der Waals surface area contributed by atoms with Gasteiger partial charge in [-0.2, -0.15) is 0 Å². The Morgan fingerprint density at radius 2 is 1.72 bits per heavy atom. The van der Waals surface area contributed by atoms with Crippen molar-refractivity contribution in [3.8, 4) is 0 Å². The quantitative estimate of drug-likeness (QED) is 0.374. The Morgan fingerprint density at radius 3 is 2.20 bits per heavy atom. The van der Waals surface area contributed by atoms with Crippen LogP contribution in [0.4, 0.5) is 0 Å². The van der Waals surface area contributed by atoms with Crippen LogP contribution < -0.4 is 10.6 Å². The largest absolute Gasteiger partial charge is 0.357 e. The maximum Gasteiger partial charge on any atom is 0.243 e. The smallest absolute Gasteiger partial charge is 0.243 e. The van der Waals surface area contributed by atoms with Gasteiger partial charge in [-0.3, -0.25) is 4.79 Å². The molecule has 5 nitrogen and oxygen atoms in total. The van der Waals surface area contributed by atoms with Gasteiger partial charge in [-0.1, -0.05) is 45.0 Å². The fraction of sp³-hybridized carbons (Fsp3) is 0.579. The second kappa shape index (κ2) is 11.3. The Kier molecular flexibility index (Phi) is 10.7. The Labute approximate surface area is 169 Å². The monoisotopic (exact) mass is 460 g/mol. The van der Waals surface area contributed by atoms with Crippen LogP contribution in [0.25, 0.3) is 0 Å². The predicted molar refractivity (Wildman–Crippen MR) is 117 cm³/mol. The van der Waals surface area contributed by atoms with Crippen LogP contribution in [-0.4, -0.2) is 50.5 Å². The van der Waals surface area contributed by atoms with Crippen molar-refractivity contribution in [3.05, 3.63) is 35.4 Å². The molecule has 0 spiro atoms. The molecule has 0 heterocycles. The number of carbonyl (C=O) groups is 1. The summed E-state index contributed by atoms with van der Waals surface area (Å²) in [5.41, 5.74) is 2.60. The fourth-order valence-corrected chi connectivity index (χ4v) is 2.23. The van der Waals surface area contributed by atoms with Gasteiger partial charge < -0.3 is 15.5 Å². The zero-order valence-corrected chi connectivity index (χ0v) is 18.7. The van der Waals surface area contributed by atoms with Crippen molar-refractivity contribution in [2.24, 2.45) is 4.99 Å². The van der Waals surface area contributed by atoms with Crippen LogP contribution in [0, 0.1) is 0 Å². The van der Waals surface area contributed by atoms with E-state index in [2.05, 4.69) is 60.7 Å². The zero-order chi connectivity index (χ0) is 18.2. The molecule has 1 aromatic carbocycles. The summed E-state index contributed by atoms with van der Waals surface area (Å²) in [6.07, 6.45) is 1.05. The molecule has 2 N–H and O–H groups in total. The Morgan fingerprint density at radius 1 is 1.12 bits per heavy atom. The van der Waals surface area contributed by atoms with Crippen molar-refractivity contribution >= 4 is 35.8 Å². The van der Waals surface area contributed by atoms with Gasteiger partial charge in [0.1, 0.15) is 6.54 Å². The minimum atomic E-state index is -0.0337. The third kappa shape index (κ3) is 8.07. The van der Waals surface area contributed by atoms with E-state index in [1.807, 2.05) is 6.92 Å². The van der Waals surface area contributed by atoms with Crippen molar-refractivity contribution in [1.29, 1.82) is 0 Å². The van der Waals surface area contributed by atoms with Gasteiger partial charge in [0.2, 0.25) is 5.91 Å². The van der Waals surface area contributed by atoms with Gasteiger partial charge >= 0.3 is 0 Å². The number of rotatable bonds is 7. The molecular formula is C19H33IN4O. The molecule has 0 unspecified atom stereocenters. The molecule has 0 saturated carbocycles. The lowest BCUT2D eigenvalue weighted by Gasteiger charge is -2.27. The third-order valence-electron chi connectivity index (χ3n) is 4.06. The molecule has 142 valence electrons. The first-order valence-electron chi connectivity index (χ1n) is 8.62. The maximum atomic E-state index is 11.7. The molecule has 0 aliphatic rings. The van der Waals surface area contributed by atoms with E-state index in [0.717, 1.165) is 19.5 Å². The summed E-state index contributed by atoms with van der Waals surface area (Å²) in [6, 6.07) is 8.76. The van der Waals surface area contributed by atoms with E-state index in [1.54, 1.807) is 19.0 Å². The Balaban J connectivity index is 0.00000576. The molecule has 0 aromatic heterocycles. The van der Waals surface area contributed by atoms with Crippen LogP contribution in [0.2, 0.25) is 0 Å². The van der Waals surface area contributed by atoms with Crippen LogP contribution in [0.3, 0.4) is 0 Å². The van der Waals surface area contributed by atoms with Gasteiger partial charge in [0.05, 0.1) is 0 Å². The number of amides is 1. The summed E-state index contributed by atoms with van der Waals surface area (Å²) in [7, 11) is 3.47. The molecule has 6 heteroatoms. The highest BCUT2D eigenvalue weighted by molar-refractivity contribution is 14.0. The predicted octanol–water partition coefficient (Wildman–Crippen LogP) is 2.79. The first kappa shape index (κ1) is 23.7. The van der Waals surface area contributed by atoms with Gasteiger partial charge in [0.15, 0.2) is 5.96 Å². The number of hydrogen-bond acceptors (Lipinski definition) is 2. The SMILES string of the molecule is CCNC(=NCC(=O)N(C)C)NCC(C)(C)c1ccc(CC)cc1.I. The average molecular weight is 460 g/mol. The number of carbonyl (C=O) groups excluding carboxylic acids is 1. The van der Waals surface area contributed by atoms with Crippen LogP contribution in [-0.2, 0) is 16.6 Å². The number of halogens is 1. The standard InChI is InChI=1S/C19H32N4O.HI/c1-7-15-9-11-16(12-10-15)19(3,4)14-22-18(20-8-2)21-13-17(24)23(5)6;/h9-12H,7-8,13-14H2,1-6H3,(H2,20,21,22);1H. The molecule has 1 amide bonds. The molecule has 0 bridgehead atoms. The summed E-state index contributed by atoms with van der Waals surface area (Å²) in [4.78, 5) is 17.6. The molecule has 1 aromatic rings. The summed E-state index contributed by atoms with van der Waals surface area (Å²) >= 11 is 0. The van der Waals surface area contributed by atoms with Crippen LogP contribution >= 0.6 is 24.0 Å². The van der Waals surface area contributed by atoms with Crippen molar-refractivity contribution < 1.29 is 4.79 Å². The molecule has 0 aliphatic carbocycles. The van der Waals surface area contributed by atoms with Gasteiger partial charge in [-0.05, 0) is 24.5 Å². The maximum absolute atomic E-state index is 11.7. The fourth-order valence-electron chi connectivity index (χ4n) is 2.23. The lowest BCUT2D eigenvalue weighted by Crippen LogP contribution is -2.44. The van der Waals surface area contributed by atoms with Crippen LogP contribution in [0.1, 0.15) is 38.8 Å². The lowest BCUT2D eigenvalue weighted by molar-refractivity contribution is -0.127. The molecule has 0 fully saturated rings. The highest BCUT2D eigenvalue weighted by Crippen LogP contribution is 2.22. The number of nitrogens with one attached hydrogen (secondary N) is 2. The Bertz CT molecular complexity index is 553. The van der Waals surface area contributed by atoms with E-state index in [9.17, 15) is 4.79 Å². The molecule has 1 rings (SSSR count). The number of aliphatic imine (C=N–C) groups is 1. The number of hydrogen-bond donors (Lipinski definition) is 2. The van der Waals surface area contributed by atoms with E-state index in [1.165, 1.54) is 11.1 Å². The van der Waals surface area contributed by atoms with E-state index in [-0.39, 0.29) is 41.8 Å². The van der Waals surface area contributed by atoms with Crippen molar-refractivity contribution in [2.45, 2.75) is 39.5 Å². The lowest BCUT2D eigenvalue weighted by atomic mass is 9.84. The minimum absolute atomic E-state index is 0. The minimum Gasteiger partial charge on any atom is -0.357 e. The highest BCUT2D eigenvalue weighted by Gasteiger charge is 2.21. The molecule has 0 radical (unpaired) electrons. The van der Waals surface area contributed by atoms with Gasteiger partial charge in [-0.15, -0.1) is 24.0 Å². The van der Waals surface area contributed by atoms with E-state index >= 15 is 0 Å². The average Bonchev–Trinajstić information content (AvgIpc) is 2.57.